The van der Waals surface area contributed by atoms with E-state index in [1.54, 1.807) is 24.5 Å². The second kappa shape index (κ2) is 6.13. The van der Waals surface area contributed by atoms with Crippen molar-refractivity contribution in [1.29, 1.82) is 0 Å². The lowest BCUT2D eigenvalue weighted by molar-refractivity contribution is 0.162. The zero-order chi connectivity index (χ0) is 15.6. The smallest absolute Gasteiger partial charge is 0.126 e. The summed E-state index contributed by atoms with van der Waals surface area (Å²) in [6, 6.07) is 7.17. The molecule has 1 aromatic carbocycles. The summed E-state index contributed by atoms with van der Waals surface area (Å²) < 4.78 is 14.1. The lowest BCUT2D eigenvalue weighted by Crippen LogP contribution is -2.42. The zero-order valence-corrected chi connectivity index (χ0v) is 13.2. The summed E-state index contributed by atoms with van der Waals surface area (Å²) in [5.41, 5.74) is 1.80. The molecule has 1 aromatic heterocycles. The van der Waals surface area contributed by atoms with Crippen LogP contribution in [0.25, 0.3) is 0 Å². The number of hydrogen-bond acceptors (Lipinski definition) is 3. The number of likely N-dealkylation sites (tertiary alicyclic amines) is 1. The molecule has 0 aliphatic carbocycles. The van der Waals surface area contributed by atoms with Crippen LogP contribution in [0.3, 0.4) is 0 Å². The molecule has 1 fully saturated rings. The third-order valence-electron chi connectivity index (χ3n) is 4.89. The Kier molecular flexibility index (Phi) is 4.21. The van der Waals surface area contributed by atoms with Crippen LogP contribution in [-0.4, -0.2) is 33.5 Å². The molecule has 1 saturated heterocycles. The molecule has 1 aliphatic heterocycles. The first kappa shape index (κ1) is 15.1. The van der Waals surface area contributed by atoms with Gasteiger partial charge in [0.05, 0.1) is 5.69 Å². The van der Waals surface area contributed by atoms with Crippen molar-refractivity contribution >= 4 is 0 Å². The van der Waals surface area contributed by atoms with Gasteiger partial charge in [-0.05, 0) is 38.4 Å². The minimum Gasteiger partial charge on any atom is -0.297 e. The van der Waals surface area contributed by atoms with E-state index >= 15 is 0 Å². The van der Waals surface area contributed by atoms with Crippen molar-refractivity contribution < 1.29 is 4.39 Å². The van der Waals surface area contributed by atoms with Crippen molar-refractivity contribution in [2.45, 2.75) is 38.1 Å². The van der Waals surface area contributed by atoms with Crippen LogP contribution in [0.4, 0.5) is 4.39 Å². The lowest BCUT2D eigenvalue weighted by Gasteiger charge is -2.36. The Balaban J connectivity index is 1.72. The van der Waals surface area contributed by atoms with Gasteiger partial charge in [-0.1, -0.05) is 18.2 Å². The molecule has 3 rings (SSSR count). The molecule has 0 N–H and O–H groups in total. The Morgan fingerprint density at radius 3 is 2.82 bits per heavy atom. The van der Waals surface area contributed by atoms with E-state index in [4.69, 9.17) is 0 Å². The molecule has 2 heterocycles. The second-order valence-corrected chi connectivity index (χ2v) is 6.45. The average Bonchev–Trinajstić information content (AvgIpc) is 2.81. The highest BCUT2D eigenvalue weighted by Gasteiger charge is 2.42. The van der Waals surface area contributed by atoms with Gasteiger partial charge in [-0.3, -0.25) is 14.9 Å². The van der Waals surface area contributed by atoms with Crippen LogP contribution in [0.2, 0.25) is 0 Å². The van der Waals surface area contributed by atoms with Gasteiger partial charge in [-0.2, -0.15) is 0 Å². The van der Waals surface area contributed by atoms with E-state index in [0.717, 1.165) is 37.2 Å². The van der Waals surface area contributed by atoms with Gasteiger partial charge in [-0.15, -0.1) is 0 Å². The van der Waals surface area contributed by atoms with E-state index in [2.05, 4.69) is 28.7 Å². The van der Waals surface area contributed by atoms with Gasteiger partial charge in [-0.25, -0.2) is 4.39 Å². The van der Waals surface area contributed by atoms with Gasteiger partial charge in [0.1, 0.15) is 5.82 Å². The molecule has 3 nitrogen and oxygen atoms in total. The van der Waals surface area contributed by atoms with E-state index in [9.17, 15) is 4.39 Å². The van der Waals surface area contributed by atoms with E-state index < -0.39 is 0 Å². The largest absolute Gasteiger partial charge is 0.297 e. The van der Waals surface area contributed by atoms with Gasteiger partial charge >= 0.3 is 0 Å². The number of rotatable bonds is 4. The van der Waals surface area contributed by atoms with Crippen molar-refractivity contribution in [3.05, 3.63) is 59.9 Å². The third kappa shape index (κ3) is 2.88. The second-order valence-electron chi connectivity index (χ2n) is 6.45. The van der Waals surface area contributed by atoms with Crippen LogP contribution in [0.1, 0.15) is 37.4 Å². The molecule has 0 saturated carbocycles. The molecule has 1 aliphatic rings. The Hall–Kier alpha value is -1.81. The minimum atomic E-state index is -0.0867. The number of hydrogen-bond donors (Lipinski definition) is 0. The quantitative estimate of drug-likeness (QED) is 0.866. The van der Waals surface area contributed by atoms with Crippen molar-refractivity contribution in [2.75, 3.05) is 13.1 Å². The molecule has 0 bridgehead atoms. The first-order valence-electron chi connectivity index (χ1n) is 7.83. The van der Waals surface area contributed by atoms with Crippen LogP contribution in [0, 0.1) is 5.82 Å². The molecular weight excluding hydrogens is 277 g/mol. The topological polar surface area (TPSA) is 29.0 Å². The molecule has 0 amide bonds. The molecule has 1 unspecified atom stereocenters. The highest BCUT2D eigenvalue weighted by molar-refractivity contribution is 5.27. The van der Waals surface area contributed by atoms with Gasteiger partial charge in [0.25, 0.3) is 0 Å². The summed E-state index contributed by atoms with van der Waals surface area (Å²) in [6.07, 6.45) is 7.11. The zero-order valence-electron chi connectivity index (χ0n) is 13.2. The third-order valence-corrected chi connectivity index (χ3v) is 4.89. The Morgan fingerprint density at radius 2 is 2.09 bits per heavy atom. The summed E-state index contributed by atoms with van der Waals surface area (Å²) in [4.78, 5) is 10.9. The maximum absolute atomic E-state index is 14.1. The van der Waals surface area contributed by atoms with E-state index in [-0.39, 0.29) is 17.3 Å². The molecule has 4 heteroatoms. The number of nitrogens with zero attached hydrogens (tertiary/aromatic N) is 3. The van der Waals surface area contributed by atoms with Crippen LogP contribution in [-0.2, 0) is 6.42 Å². The van der Waals surface area contributed by atoms with E-state index in [0.29, 0.717) is 0 Å². The van der Waals surface area contributed by atoms with E-state index in [1.165, 1.54) is 0 Å². The summed E-state index contributed by atoms with van der Waals surface area (Å²) >= 11 is 0. The normalized spacial score (nSPS) is 21.1. The first-order valence-corrected chi connectivity index (χ1v) is 7.83. The van der Waals surface area contributed by atoms with Crippen LogP contribution in [0.15, 0.2) is 42.9 Å². The van der Waals surface area contributed by atoms with Crippen LogP contribution >= 0.6 is 0 Å². The molecular formula is C18H22FN3. The van der Waals surface area contributed by atoms with Crippen molar-refractivity contribution in [3.8, 4) is 0 Å². The fraction of sp³-hybridized carbons (Fsp3) is 0.444. The minimum absolute atomic E-state index is 0.0512. The highest BCUT2D eigenvalue weighted by atomic mass is 19.1. The monoisotopic (exact) mass is 299 g/mol. The Morgan fingerprint density at radius 1 is 1.27 bits per heavy atom. The predicted octanol–water partition coefficient (Wildman–Crippen LogP) is 3.43. The molecule has 22 heavy (non-hydrogen) atoms. The number of halogens is 1. The fourth-order valence-electron chi connectivity index (χ4n) is 3.55. The van der Waals surface area contributed by atoms with Crippen molar-refractivity contribution in [3.63, 3.8) is 0 Å². The Bertz CT molecular complexity index is 627. The van der Waals surface area contributed by atoms with Gasteiger partial charge in [0, 0.05) is 43.0 Å². The predicted molar refractivity (Wildman–Crippen MR) is 85.1 cm³/mol. The molecule has 116 valence electrons. The van der Waals surface area contributed by atoms with Crippen molar-refractivity contribution in [2.24, 2.45) is 0 Å². The highest BCUT2D eigenvalue weighted by Crippen LogP contribution is 2.42. The summed E-state index contributed by atoms with van der Waals surface area (Å²) in [7, 11) is 0. The van der Waals surface area contributed by atoms with Crippen LogP contribution < -0.4 is 0 Å². The number of aromatic nitrogens is 2. The van der Waals surface area contributed by atoms with Crippen LogP contribution in [0.5, 0.6) is 0 Å². The standard InChI is InChI=1S/C18H22FN3/c1-18(2)16(15-5-3-4-6-17(15)19)8-12-22(18)11-7-14-13-20-9-10-21-14/h3-6,9-10,13,16H,7-8,11-12H2,1-2H3. The molecule has 0 radical (unpaired) electrons. The lowest BCUT2D eigenvalue weighted by atomic mass is 9.82. The fourth-order valence-corrected chi connectivity index (χ4v) is 3.55. The first-order chi connectivity index (χ1) is 10.6. The Labute approximate surface area is 131 Å². The maximum Gasteiger partial charge on any atom is 0.126 e. The summed E-state index contributed by atoms with van der Waals surface area (Å²) in [5.74, 6) is 0.145. The molecule has 1 atom stereocenters. The van der Waals surface area contributed by atoms with Gasteiger partial charge in [0.15, 0.2) is 0 Å². The maximum atomic E-state index is 14.1. The molecule has 2 aromatic rings. The van der Waals surface area contributed by atoms with Crippen molar-refractivity contribution in [1.82, 2.24) is 14.9 Å². The van der Waals surface area contributed by atoms with Gasteiger partial charge < -0.3 is 0 Å². The molecule has 0 spiro atoms. The number of benzene rings is 1. The summed E-state index contributed by atoms with van der Waals surface area (Å²) in [6.45, 7) is 6.35. The SMILES string of the molecule is CC1(C)C(c2ccccc2F)CCN1CCc1cnccn1. The summed E-state index contributed by atoms with van der Waals surface area (Å²) in [5, 5.41) is 0. The van der Waals surface area contributed by atoms with Gasteiger partial charge in [0.2, 0.25) is 0 Å². The van der Waals surface area contributed by atoms with E-state index in [1.807, 2.05) is 18.3 Å². The average molecular weight is 299 g/mol.